The lowest BCUT2D eigenvalue weighted by Gasteiger charge is -2.28. The number of phenols is 1. The molecule has 17 heavy (non-hydrogen) atoms. The number of aromatic hydroxyl groups is 1. The third-order valence-electron chi connectivity index (χ3n) is 2.95. The normalized spacial score (nSPS) is 12.6. The highest BCUT2D eigenvalue weighted by molar-refractivity contribution is 5.66. The Balaban J connectivity index is 2.75. The van der Waals surface area contributed by atoms with Gasteiger partial charge in [0.1, 0.15) is 5.75 Å². The summed E-state index contributed by atoms with van der Waals surface area (Å²) in [5.41, 5.74) is 0.833. The number of para-hydroxylation sites is 1. The van der Waals surface area contributed by atoms with Crippen LogP contribution in [0.3, 0.4) is 0 Å². The molecule has 0 spiro atoms. The van der Waals surface area contributed by atoms with Crippen LogP contribution in [0.2, 0.25) is 0 Å². The van der Waals surface area contributed by atoms with Crippen LogP contribution >= 0.6 is 0 Å². The number of carboxylic acids is 1. The maximum atomic E-state index is 10.6. The van der Waals surface area contributed by atoms with E-state index in [4.69, 9.17) is 5.11 Å². The van der Waals surface area contributed by atoms with Crippen molar-refractivity contribution >= 4 is 5.97 Å². The molecule has 0 saturated heterocycles. The minimum absolute atomic E-state index is 0.0144. The molecule has 0 radical (unpaired) electrons. The Morgan fingerprint density at radius 2 is 2.06 bits per heavy atom. The number of hydrogen-bond donors (Lipinski definition) is 2. The quantitative estimate of drug-likeness (QED) is 0.796. The molecule has 0 aliphatic heterocycles. The van der Waals surface area contributed by atoms with E-state index in [1.807, 2.05) is 30.9 Å². The van der Waals surface area contributed by atoms with Crippen molar-refractivity contribution in [3.63, 3.8) is 0 Å². The third-order valence-corrected chi connectivity index (χ3v) is 2.95. The molecule has 1 atom stereocenters. The molecule has 0 heterocycles. The van der Waals surface area contributed by atoms with Crippen molar-refractivity contribution in [2.45, 2.75) is 26.3 Å². The van der Waals surface area contributed by atoms with E-state index in [0.717, 1.165) is 12.1 Å². The van der Waals surface area contributed by atoms with Crippen LogP contribution in [0.5, 0.6) is 5.75 Å². The summed E-state index contributed by atoms with van der Waals surface area (Å²) in [5, 5.41) is 18.4. The number of nitrogens with zero attached hydrogens (tertiary/aromatic N) is 1. The average Bonchev–Trinajstić information content (AvgIpc) is 2.29. The molecular formula is C13H19NO3. The molecule has 0 fully saturated rings. The molecule has 0 amide bonds. The van der Waals surface area contributed by atoms with Gasteiger partial charge in [0.15, 0.2) is 0 Å². The van der Waals surface area contributed by atoms with Crippen LogP contribution in [0, 0.1) is 0 Å². The minimum Gasteiger partial charge on any atom is -0.508 e. The van der Waals surface area contributed by atoms with Gasteiger partial charge in [-0.05, 0) is 19.5 Å². The van der Waals surface area contributed by atoms with Gasteiger partial charge in [-0.25, -0.2) is 0 Å². The van der Waals surface area contributed by atoms with Gasteiger partial charge in [-0.3, -0.25) is 9.69 Å². The first-order chi connectivity index (χ1) is 8.06. The third kappa shape index (κ3) is 3.75. The zero-order chi connectivity index (χ0) is 12.8. The maximum Gasteiger partial charge on any atom is 0.304 e. The van der Waals surface area contributed by atoms with E-state index in [2.05, 4.69) is 0 Å². The lowest BCUT2D eigenvalue weighted by atomic mass is 10.1. The zero-order valence-corrected chi connectivity index (χ0v) is 10.3. The smallest absolute Gasteiger partial charge is 0.304 e. The average molecular weight is 237 g/mol. The van der Waals surface area contributed by atoms with Gasteiger partial charge in [0, 0.05) is 18.2 Å². The van der Waals surface area contributed by atoms with Crippen molar-refractivity contribution in [1.29, 1.82) is 0 Å². The summed E-state index contributed by atoms with van der Waals surface area (Å²) < 4.78 is 0. The second-order valence-electron chi connectivity index (χ2n) is 4.01. The predicted molar refractivity (Wildman–Crippen MR) is 66.0 cm³/mol. The van der Waals surface area contributed by atoms with Crippen LogP contribution < -0.4 is 0 Å². The molecule has 1 aromatic carbocycles. The molecule has 4 heteroatoms. The molecule has 0 aliphatic rings. The second kappa shape index (κ2) is 6.25. The zero-order valence-electron chi connectivity index (χ0n) is 10.3. The second-order valence-corrected chi connectivity index (χ2v) is 4.01. The van der Waals surface area contributed by atoms with Gasteiger partial charge in [0.25, 0.3) is 0 Å². The number of carboxylic acid groups (broad SMARTS) is 1. The van der Waals surface area contributed by atoms with Crippen LogP contribution in [0.1, 0.15) is 31.9 Å². The number of rotatable bonds is 6. The standard InChI is InChI=1S/C13H19NO3/c1-3-14(9-8-13(16)17)10(2)11-6-4-5-7-12(11)15/h4-7,10,15H,3,8-9H2,1-2H3,(H,16,17). The summed E-state index contributed by atoms with van der Waals surface area (Å²) in [7, 11) is 0. The van der Waals surface area contributed by atoms with Gasteiger partial charge in [-0.1, -0.05) is 25.1 Å². The molecule has 0 saturated carbocycles. The molecular weight excluding hydrogens is 218 g/mol. The summed E-state index contributed by atoms with van der Waals surface area (Å²) in [6.45, 7) is 5.20. The van der Waals surface area contributed by atoms with Gasteiger partial charge >= 0.3 is 5.97 Å². The highest BCUT2D eigenvalue weighted by Crippen LogP contribution is 2.27. The monoisotopic (exact) mass is 237 g/mol. The Labute approximate surface area is 101 Å². The van der Waals surface area contributed by atoms with Gasteiger partial charge in [-0.15, -0.1) is 0 Å². The Bertz CT molecular complexity index is 379. The molecule has 1 rings (SSSR count). The lowest BCUT2D eigenvalue weighted by Crippen LogP contribution is -2.29. The molecule has 4 nitrogen and oxygen atoms in total. The lowest BCUT2D eigenvalue weighted by molar-refractivity contribution is -0.137. The Morgan fingerprint density at radius 1 is 1.41 bits per heavy atom. The van der Waals surface area contributed by atoms with Gasteiger partial charge in [-0.2, -0.15) is 0 Å². The molecule has 1 unspecified atom stereocenters. The molecule has 0 aliphatic carbocycles. The predicted octanol–water partition coefficient (Wildman–Crippen LogP) is 2.25. The number of benzene rings is 1. The highest BCUT2D eigenvalue weighted by atomic mass is 16.4. The van der Waals surface area contributed by atoms with E-state index in [9.17, 15) is 9.90 Å². The Kier molecular flexibility index (Phi) is 4.97. The van der Waals surface area contributed by atoms with Crippen LogP contribution in [-0.2, 0) is 4.79 Å². The topological polar surface area (TPSA) is 60.8 Å². The van der Waals surface area contributed by atoms with Crippen LogP contribution in [0.4, 0.5) is 0 Å². The molecule has 0 bridgehead atoms. The molecule has 0 aromatic heterocycles. The number of hydrogen-bond acceptors (Lipinski definition) is 3. The molecule has 94 valence electrons. The largest absolute Gasteiger partial charge is 0.508 e. The maximum absolute atomic E-state index is 10.6. The van der Waals surface area contributed by atoms with E-state index in [1.165, 1.54) is 0 Å². The SMILES string of the molecule is CCN(CCC(=O)O)C(C)c1ccccc1O. The summed E-state index contributed by atoms with van der Waals surface area (Å²) in [6, 6.07) is 7.18. The summed E-state index contributed by atoms with van der Waals surface area (Å²) in [4.78, 5) is 12.6. The van der Waals surface area contributed by atoms with Gasteiger partial charge in [0.2, 0.25) is 0 Å². The molecule has 2 N–H and O–H groups in total. The first kappa shape index (κ1) is 13.5. The van der Waals surface area contributed by atoms with Crippen LogP contribution in [0.15, 0.2) is 24.3 Å². The van der Waals surface area contributed by atoms with Crippen molar-refractivity contribution in [3.05, 3.63) is 29.8 Å². The number of phenolic OH excluding ortho intramolecular Hbond substituents is 1. The number of aliphatic carboxylic acids is 1. The van der Waals surface area contributed by atoms with E-state index in [-0.39, 0.29) is 18.2 Å². The highest BCUT2D eigenvalue weighted by Gasteiger charge is 2.17. The summed E-state index contributed by atoms with van der Waals surface area (Å²) >= 11 is 0. The van der Waals surface area contributed by atoms with E-state index in [0.29, 0.717) is 6.54 Å². The van der Waals surface area contributed by atoms with E-state index >= 15 is 0 Å². The van der Waals surface area contributed by atoms with E-state index < -0.39 is 5.97 Å². The fourth-order valence-electron chi connectivity index (χ4n) is 1.90. The fraction of sp³-hybridized carbons (Fsp3) is 0.462. The van der Waals surface area contributed by atoms with Crippen LogP contribution in [0.25, 0.3) is 0 Å². The fourth-order valence-corrected chi connectivity index (χ4v) is 1.90. The Hall–Kier alpha value is -1.55. The van der Waals surface area contributed by atoms with Crippen LogP contribution in [-0.4, -0.2) is 34.2 Å². The summed E-state index contributed by atoms with van der Waals surface area (Å²) in [5.74, 6) is -0.540. The Morgan fingerprint density at radius 3 is 2.59 bits per heavy atom. The van der Waals surface area contributed by atoms with Crippen molar-refractivity contribution in [3.8, 4) is 5.75 Å². The van der Waals surface area contributed by atoms with E-state index in [1.54, 1.807) is 12.1 Å². The van der Waals surface area contributed by atoms with Crippen molar-refractivity contribution < 1.29 is 15.0 Å². The first-order valence-corrected chi connectivity index (χ1v) is 5.80. The minimum atomic E-state index is -0.798. The van der Waals surface area contributed by atoms with Gasteiger partial charge in [0.05, 0.1) is 6.42 Å². The van der Waals surface area contributed by atoms with Crippen molar-refractivity contribution in [2.24, 2.45) is 0 Å². The van der Waals surface area contributed by atoms with Gasteiger partial charge < -0.3 is 10.2 Å². The van der Waals surface area contributed by atoms with Crippen molar-refractivity contribution in [2.75, 3.05) is 13.1 Å². The molecule has 1 aromatic rings. The summed E-state index contributed by atoms with van der Waals surface area (Å²) in [6.07, 6.45) is 0.117. The first-order valence-electron chi connectivity index (χ1n) is 5.80. The number of carbonyl (C=O) groups is 1. The van der Waals surface area contributed by atoms with Crippen molar-refractivity contribution in [1.82, 2.24) is 4.90 Å².